The molecule has 3 rings (SSSR count). The van der Waals surface area contributed by atoms with Gasteiger partial charge in [-0.05, 0) is 29.7 Å². The average molecular weight is 456 g/mol. The lowest BCUT2D eigenvalue weighted by Gasteiger charge is -2.42. The number of unbranched alkanes of at least 4 members (excludes halogenated alkanes) is 1. The Morgan fingerprint density at radius 1 is 1.17 bits per heavy atom. The van der Waals surface area contributed by atoms with Crippen LogP contribution in [0.15, 0.2) is 42.5 Å². The molecule has 1 aliphatic rings. The first-order valence-corrected chi connectivity index (χ1v) is 10.5. The number of aliphatic hydroxyl groups excluding tert-OH is 1. The number of nitrogens with zero attached hydrogens (tertiary/aromatic N) is 2. The molecule has 1 heterocycles. The molecular formula is C23H35Cl2N3O2. The Morgan fingerprint density at radius 2 is 1.90 bits per heavy atom. The first-order chi connectivity index (χ1) is 13.6. The number of fused-ring (bicyclic) bond motifs is 1. The second-order valence-electron chi connectivity index (χ2n) is 7.84. The Hall–Kier alpha value is -1.37. The van der Waals surface area contributed by atoms with Crippen molar-refractivity contribution in [2.45, 2.75) is 44.7 Å². The SMILES string of the molecule is CCCC[C@H]1CN(C(=O)c2cccc3ccccc23)CCN1C[C@@H](N)CCO.Cl.Cl. The first kappa shape index (κ1) is 26.7. The van der Waals surface area contributed by atoms with Crippen molar-refractivity contribution in [3.63, 3.8) is 0 Å². The van der Waals surface area contributed by atoms with Crippen molar-refractivity contribution in [1.82, 2.24) is 9.80 Å². The minimum Gasteiger partial charge on any atom is -0.396 e. The van der Waals surface area contributed by atoms with Crippen molar-refractivity contribution in [2.75, 3.05) is 32.8 Å². The molecule has 7 heteroatoms. The van der Waals surface area contributed by atoms with E-state index in [9.17, 15) is 4.79 Å². The maximum absolute atomic E-state index is 13.3. The fourth-order valence-corrected chi connectivity index (χ4v) is 4.17. The van der Waals surface area contributed by atoms with Crippen LogP contribution in [0.4, 0.5) is 0 Å². The zero-order chi connectivity index (χ0) is 19.9. The van der Waals surface area contributed by atoms with Gasteiger partial charge >= 0.3 is 0 Å². The van der Waals surface area contributed by atoms with Crippen molar-refractivity contribution < 1.29 is 9.90 Å². The van der Waals surface area contributed by atoms with E-state index >= 15 is 0 Å². The predicted molar refractivity (Wildman–Crippen MR) is 129 cm³/mol. The van der Waals surface area contributed by atoms with Crippen molar-refractivity contribution in [1.29, 1.82) is 0 Å². The molecule has 0 unspecified atom stereocenters. The van der Waals surface area contributed by atoms with E-state index in [-0.39, 0.29) is 43.4 Å². The van der Waals surface area contributed by atoms with Crippen LogP contribution in [0.5, 0.6) is 0 Å². The summed E-state index contributed by atoms with van der Waals surface area (Å²) in [7, 11) is 0. The van der Waals surface area contributed by atoms with Gasteiger partial charge in [0.1, 0.15) is 0 Å². The summed E-state index contributed by atoms with van der Waals surface area (Å²) in [6.45, 7) is 5.41. The maximum Gasteiger partial charge on any atom is 0.254 e. The summed E-state index contributed by atoms with van der Waals surface area (Å²) in [5.41, 5.74) is 6.96. The second-order valence-corrected chi connectivity index (χ2v) is 7.84. The van der Waals surface area contributed by atoms with Crippen LogP contribution in [0, 0.1) is 0 Å². The molecule has 0 spiro atoms. The quantitative estimate of drug-likeness (QED) is 0.636. The van der Waals surface area contributed by atoms with E-state index in [1.165, 1.54) is 0 Å². The summed E-state index contributed by atoms with van der Waals surface area (Å²) in [5, 5.41) is 11.3. The number of hydrogen-bond acceptors (Lipinski definition) is 4. The van der Waals surface area contributed by atoms with Gasteiger partial charge in [-0.1, -0.05) is 56.2 Å². The number of carbonyl (C=O) groups is 1. The number of nitrogens with two attached hydrogens (primary N) is 1. The molecule has 5 nitrogen and oxygen atoms in total. The van der Waals surface area contributed by atoms with Gasteiger partial charge in [-0.3, -0.25) is 9.69 Å². The van der Waals surface area contributed by atoms with E-state index in [4.69, 9.17) is 10.8 Å². The number of amides is 1. The fraction of sp³-hybridized carbons (Fsp3) is 0.522. The lowest BCUT2D eigenvalue weighted by Crippen LogP contribution is -2.57. The highest BCUT2D eigenvalue weighted by atomic mass is 35.5. The molecule has 0 bridgehead atoms. The highest BCUT2D eigenvalue weighted by molar-refractivity contribution is 6.07. The molecule has 1 aliphatic heterocycles. The van der Waals surface area contributed by atoms with Crippen molar-refractivity contribution in [3.05, 3.63) is 48.0 Å². The molecule has 3 N–H and O–H groups in total. The molecular weight excluding hydrogens is 421 g/mol. The number of carbonyl (C=O) groups excluding carboxylic acids is 1. The lowest BCUT2D eigenvalue weighted by molar-refractivity contribution is 0.0436. The van der Waals surface area contributed by atoms with Crippen LogP contribution in [0.25, 0.3) is 10.8 Å². The van der Waals surface area contributed by atoms with Crippen LogP contribution < -0.4 is 5.73 Å². The maximum atomic E-state index is 13.3. The number of piperazine rings is 1. The van der Waals surface area contributed by atoms with Crippen molar-refractivity contribution in [3.8, 4) is 0 Å². The second kappa shape index (κ2) is 13.1. The Morgan fingerprint density at radius 3 is 2.63 bits per heavy atom. The molecule has 2 aromatic rings. The van der Waals surface area contributed by atoms with Crippen LogP contribution >= 0.6 is 24.8 Å². The summed E-state index contributed by atoms with van der Waals surface area (Å²) in [5.74, 6) is 0.123. The molecule has 0 radical (unpaired) electrons. The van der Waals surface area contributed by atoms with Crippen LogP contribution in [0.3, 0.4) is 0 Å². The van der Waals surface area contributed by atoms with Crippen LogP contribution in [0.1, 0.15) is 43.0 Å². The third-order valence-electron chi connectivity index (χ3n) is 5.77. The molecule has 0 aliphatic carbocycles. The van der Waals surface area contributed by atoms with E-state index in [0.29, 0.717) is 12.5 Å². The summed E-state index contributed by atoms with van der Waals surface area (Å²) < 4.78 is 0. The van der Waals surface area contributed by atoms with Gasteiger partial charge in [-0.2, -0.15) is 0 Å². The van der Waals surface area contributed by atoms with Crippen LogP contribution in [0.2, 0.25) is 0 Å². The summed E-state index contributed by atoms with van der Waals surface area (Å²) in [6.07, 6.45) is 3.98. The summed E-state index contributed by atoms with van der Waals surface area (Å²) in [4.78, 5) is 17.7. The molecule has 2 aromatic carbocycles. The third kappa shape index (κ3) is 6.56. The smallest absolute Gasteiger partial charge is 0.254 e. The summed E-state index contributed by atoms with van der Waals surface area (Å²) >= 11 is 0. The van der Waals surface area contributed by atoms with Gasteiger partial charge in [0.25, 0.3) is 5.91 Å². The average Bonchev–Trinajstić information content (AvgIpc) is 2.72. The largest absolute Gasteiger partial charge is 0.396 e. The molecule has 1 saturated heterocycles. The number of hydrogen-bond donors (Lipinski definition) is 2. The Kier molecular flexibility index (Phi) is 11.7. The number of benzene rings is 2. The molecule has 30 heavy (non-hydrogen) atoms. The highest BCUT2D eigenvalue weighted by Crippen LogP contribution is 2.23. The van der Waals surface area contributed by atoms with Crippen LogP contribution in [-0.2, 0) is 0 Å². The van der Waals surface area contributed by atoms with Gasteiger partial charge in [0.15, 0.2) is 0 Å². The van der Waals surface area contributed by atoms with Gasteiger partial charge in [0, 0.05) is 50.4 Å². The number of halogens is 2. The van der Waals surface area contributed by atoms with E-state index in [0.717, 1.165) is 61.8 Å². The van der Waals surface area contributed by atoms with E-state index in [2.05, 4.69) is 24.0 Å². The third-order valence-corrected chi connectivity index (χ3v) is 5.77. The van der Waals surface area contributed by atoms with E-state index in [1.807, 2.05) is 35.2 Å². The predicted octanol–water partition coefficient (Wildman–Crippen LogP) is 3.71. The Labute approximate surface area is 192 Å². The minimum atomic E-state index is -0.0190. The minimum absolute atomic E-state index is 0. The first-order valence-electron chi connectivity index (χ1n) is 10.5. The number of rotatable bonds is 8. The topological polar surface area (TPSA) is 69.8 Å². The Bertz CT molecular complexity index is 785. The normalized spacial score (nSPS) is 17.8. The zero-order valence-corrected chi connectivity index (χ0v) is 19.3. The van der Waals surface area contributed by atoms with Gasteiger partial charge in [-0.25, -0.2) is 0 Å². The van der Waals surface area contributed by atoms with Gasteiger partial charge < -0.3 is 15.7 Å². The zero-order valence-electron chi connectivity index (χ0n) is 17.7. The fourth-order valence-electron chi connectivity index (χ4n) is 4.17. The summed E-state index contributed by atoms with van der Waals surface area (Å²) in [6, 6.07) is 14.3. The molecule has 1 fully saturated rings. The van der Waals surface area contributed by atoms with Crippen molar-refractivity contribution in [2.24, 2.45) is 5.73 Å². The molecule has 0 aromatic heterocycles. The van der Waals surface area contributed by atoms with Gasteiger partial charge in [-0.15, -0.1) is 24.8 Å². The molecule has 1 amide bonds. The standard InChI is InChI=1S/C23H33N3O2.2ClH/c1-2-3-9-20-17-26(14-13-25(20)16-19(24)12-15-27)23(28)22-11-6-8-18-7-4-5-10-21(18)22;;/h4-8,10-11,19-20,27H,2-3,9,12-17,24H2,1H3;2*1H/t19-,20-;;/m0../s1. The van der Waals surface area contributed by atoms with Gasteiger partial charge in [0.05, 0.1) is 0 Å². The Balaban J connectivity index is 0.00000225. The molecule has 168 valence electrons. The highest BCUT2D eigenvalue weighted by Gasteiger charge is 2.30. The van der Waals surface area contributed by atoms with Crippen LogP contribution in [-0.4, -0.2) is 65.7 Å². The number of aliphatic hydroxyl groups is 1. The van der Waals surface area contributed by atoms with E-state index < -0.39 is 0 Å². The van der Waals surface area contributed by atoms with Crippen molar-refractivity contribution >= 4 is 41.5 Å². The lowest BCUT2D eigenvalue weighted by atomic mass is 10.0. The van der Waals surface area contributed by atoms with Gasteiger partial charge in [0.2, 0.25) is 0 Å². The van der Waals surface area contributed by atoms with E-state index in [1.54, 1.807) is 0 Å². The molecule has 0 saturated carbocycles. The monoisotopic (exact) mass is 455 g/mol. The molecule has 2 atom stereocenters.